The molecule has 1 aromatic carbocycles. The second-order valence-corrected chi connectivity index (χ2v) is 4.40. The number of hydrogen-bond donors (Lipinski definition) is 1. The Morgan fingerprint density at radius 1 is 1.47 bits per heavy atom. The van der Waals surface area contributed by atoms with Crippen LogP contribution in [0.15, 0.2) is 24.3 Å². The summed E-state index contributed by atoms with van der Waals surface area (Å²) in [6, 6.07) is 6.07. The fraction of sp³-hybridized carbons (Fsp3) is 0.462. The molecule has 0 saturated carbocycles. The van der Waals surface area contributed by atoms with Gasteiger partial charge in [-0.25, -0.2) is 4.39 Å². The maximum Gasteiger partial charge on any atom is 0.246 e. The van der Waals surface area contributed by atoms with Gasteiger partial charge in [-0.3, -0.25) is 4.79 Å². The minimum absolute atomic E-state index is 0.0758. The number of amides is 1. The van der Waals surface area contributed by atoms with E-state index in [0.717, 1.165) is 0 Å². The van der Waals surface area contributed by atoms with Crippen LogP contribution in [0.4, 0.5) is 10.1 Å². The van der Waals surface area contributed by atoms with Crippen molar-refractivity contribution >= 4 is 11.6 Å². The average Bonchev–Trinajstić information content (AvgIpc) is 2.30. The van der Waals surface area contributed by atoms with Crippen LogP contribution in [0.5, 0.6) is 0 Å². The highest BCUT2D eigenvalue weighted by molar-refractivity contribution is 5.99. The SMILES string of the molecule is CCN(C(=O)C(C)(C)NC)c1cccc(F)c1. The Hall–Kier alpha value is -1.42. The van der Waals surface area contributed by atoms with Gasteiger partial charge >= 0.3 is 0 Å². The maximum atomic E-state index is 13.2. The molecule has 1 amide bonds. The van der Waals surface area contributed by atoms with Crippen LogP contribution in [0.3, 0.4) is 0 Å². The van der Waals surface area contributed by atoms with Gasteiger partial charge in [-0.05, 0) is 46.0 Å². The first-order valence-corrected chi connectivity index (χ1v) is 5.69. The number of nitrogens with zero attached hydrogens (tertiary/aromatic N) is 1. The van der Waals surface area contributed by atoms with E-state index in [4.69, 9.17) is 0 Å². The number of benzene rings is 1. The van der Waals surface area contributed by atoms with Crippen LogP contribution in [0, 0.1) is 5.82 Å². The summed E-state index contributed by atoms with van der Waals surface area (Å²) < 4.78 is 13.2. The number of carbonyl (C=O) groups is 1. The molecule has 94 valence electrons. The molecule has 0 spiro atoms. The van der Waals surface area contributed by atoms with Crippen molar-refractivity contribution in [1.82, 2.24) is 5.32 Å². The van der Waals surface area contributed by atoms with E-state index >= 15 is 0 Å². The summed E-state index contributed by atoms with van der Waals surface area (Å²) >= 11 is 0. The third-order valence-corrected chi connectivity index (χ3v) is 2.84. The molecule has 0 bridgehead atoms. The van der Waals surface area contributed by atoms with E-state index < -0.39 is 5.54 Å². The maximum absolute atomic E-state index is 13.2. The standard InChI is InChI=1S/C13H19FN2O/c1-5-16(12(17)13(2,3)15-4)11-8-6-7-10(14)9-11/h6-9,15H,5H2,1-4H3. The lowest BCUT2D eigenvalue weighted by molar-refractivity contribution is -0.123. The summed E-state index contributed by atoms with van der Waals surface area (Å²) in [6.07, 6.45) is 0. The highest BCUT2D eigenvalue weighted by Gasteiger charge is 2.30. The summed E-state index contributed by atoms with van der Waals surface area (Å²) in [7, 11) is 1.73. The molecular formula is C13H19FN2O. The topological polar surface area (TPSA) is 32.3 Å². The molecule has 0 aliphatic heterocycles. The van der Waals surface area contributed by atoms with Crippen molar-refractivity contribution in [2.24, 2.45) is 0 Å². The molecule has 0 heterocycles. The number of hydrogen-bond acceptors (Lipinski definition) is 2. The first kappa shape index (κ1) is 13.6. The van der Waals surface area contributed by atoms with E-state index in [1.807, 2.05) is 6.92 Å². The van der Waals surface area contributed by atoms with E-state index in [9.17, 15) is 9.18 Å². The van der Waals surface area contributed by atoms with Crippen molar-refractivity contribution in [3.63, 3.8) is 0 Å². The number of halogens is 1. The van der Waals surface area contributed by atoms with Gasteiger partial charge in [-0.15, -0.1) is 0 Å². The number of anilines is 1. The van der Waals surface area contributed by atoms with Crippen LogP contribution in [-0.4, -0.2) is 25.0 Å². The Labute approximate surface area is 102 Å². The van der Waals surface area contributed by atoms with Crippen LogP contribution in [0.2, 0.25) is 0 Å². The van der Waals surface area contributed by atoms with Crippen LogP contribution < -0.4 is 10.2 Å². The van der Waals surface area contributed by atoms with Crippen LogP contribution >= 0.6 is 0 Å². The molecule has 0 unspecified atom stereocenters. The van der Waals surface area contributed by atoms with Crippen LogP contribution in [0.25, 0.3) is 0 Å². The third kappa shape index (κ3) is 3.03. The Bertz CT molecular complexity index is 404. The molecule has 3 nitrogen and oxygen atoms in total. The minimum Gasteiger partial charge on any atom is -0.311 e. The molecule has 4 heteroatoms. The Morgan fingerprint density at radius 2 is 2.12 bits per heavy atom. The molecule has 17 heavy (non-hydrogen) atoms. The summed E-state index contributed by atoms with van der Waals surface area (Å²) in [6.45, 7) is 5.98. The molecule has 0 saturated heterocycles. The van der Waals surface area contributed by atoms with E-state index in [0.29, 0.717) is 12.2 Å². The summed E-state index contributed by atoms with van der Waals surface area (Å²) in [5, 5.41) is 2.96. The molecule has 1 N–H and O–H groups in total. The van der Waals surface area contributed by atoms with E-state index in [-0.39, 0.29) is 11.7 Å². The van der Waals surface area contributed by atoms with Crippen molar-refractivity contribution < 1.29 is 9.18 Å². The lowest BCUT2D eigenvalue weighted by Crippen LogP contribution is -2.53. The summed E-state index contributed by atoms with van der Waals surface area (Å²) in [4.78, 5) is 13.8. The minimum atomic E-state index is -0.664. The number of likely N-dealkylation sites (N-methyl/N-ethyl adjacent to an activating group) is 2. The van der Waals surface area contributed by atoms with Crippen molar-refractivity contribution in [2.45, 2.75) is 26.3 Å². The van der Waals surface area contributed by atoms with Gasteiger partial charge in [0.1, 0.15) is 5.82 Å². The highest BCUT2D eigenvalue weighted by Crippen LogP contribution is 2.19. The first-order chi connectivity index (χ1) is 7.92. The van der Waals surface area contributed by atoms with Gasteiger partial charge < -0.3 is 10.2 Å². The predicted molar refractivity (Wildman–Crippen MR) is 67.6 cm³/mol. The van der Waals surface area contributed by atoms with Gasteiger partial charge in [0, 0.05) is 12.2 Å². The van der Waals surface area contributed by atoms with Crippen LogP contribution in [-0.2, 0) is 4.79 Å². The van der Waals surface area contributed by atoms with Gasteiger partial charge in [0.2, 0.25) is 5.91 Å². The monoisotopic (exact) mass is 238 g/mol. The lowest BCUT2D eigenvalue weighted by Gasteiger charge is -2.31. The summed E-state index contributed by atoms with van der Waals surface area (Å²) in [5.41, 5.74) is -0.0803. The van der Waals surface area contributed by atoms with Crippen molar-refractivity contribution in [3.05, 3.63) is 30.1 Å². The molecule has 0 atom stereocenters. The molecule has 1 rings (SSSR count). The molecular weight excluding hydrogens is 219 g/mol. The number of nitrogens with one attached hydrogen (secondary N) is 1. The number of carbonyl (C=O) groups excluding carboxylic acids is 1. The molecule has 0 fully saturated rings. The summed E-state index contributed by atoms with van der Waals surface area (Å²) in [5.74, 6) is -0.413. The quantitative estimate of drug-likeness (QED) is 0.872. The lowest BCUT2D eigenvalue weighted by atomic mass is 10.0. The fourth-order valence-electron chi connectivity index (χ4n) is 1.53. The highest BCUT2D eigenvalue weighted by atomic mass is 19.1. The van der Waals surface area contributed by atoms with Gasteiger partial charge in [0.15, 0.2) is 0 Å². The zero-order chi connectivity index (χ0) is 13.1. The zero-order valence-electron chi connectivity index (χ0n) is 10.7. The normalized spacial score (nSPS) is 11.4. The van der Waals surface area contributed by atoms with Crippen molar-refractivity contribution in [1.29, 1.82) is 0 Å². The fourth-order valence-corrected chi connectivity index (χ4v) is 1.53. The Morgan fingerprint density at radius 3 is 2.59 bits per heavy atom. The molecule has 1 aromatic rings. The Kier molecular flexibility index (Phi) is 4.23. The second kappa shape index (κ2) is 5.27. The molecule has 0 aromatic heterocycles. The van der Waals surface area contributed by atoms with Crippen LogP contribution in [0.1, 0.15) is 20.8 Å². The third-order valence-electron chi connectivity index (χ3n) is 2.84. The molecule has 0 radical (unpaired) electrons. The molecule has 0 aliphatic carbocycles. The van der Waals surface area contributed by atoms with Gasteiger partial charge in [-0.2, -0.15) is 0 Å². The second-order valence-electron chi connectivity index (χ2n) is 4.40. The van der Waals surface area contributed by atoms with Gasteiger partial charge in [0.25, 0.3) is 0 Å². The zero-order valence-corrected chi connectivity index (χ0v) is 10.7. The van der Waals surface area contributed by atoms with Gasteiger partial charge in [0.05, 0.1) is 5.54 Å². The predicted octanol–water partition coefficient (Wildman–Crippen LogP) is 2.18. The Balaban J connectivity index is 3.04. The smallest absolute Gasteiger partial charge is 0.246 e. The van der Waals surface area contributed by atoms with Gasteiger partial charge in [-0.1, -0.05) is 6.07 Å². The average molecular weight is 238 g/mol. The molecule has 0 aliphatic rings. The van der Waals surface area contributed by atoms with E-state index in [1.54, 1.807) is 37.9 Å². The largest absolute Gasteiger partial charge is 0.311 e. The van der Waals surface area contributed by atoms with Crippen molar-refractivity contribution in [3.8, 4) is 0 Å². The number of rotatable bonds is 4. The first-order valence-electron chi connectivity index (χ1n) is 5.69. The van der Waals surface area contributed by atoms with Crippen molar-refractivity contribution in [2.75, 3.05) is 18.5 Å². The van der Waals surface area contributed by atoms with E-state index in [2.05, 4.69) is 5.32 Å². The van der Waals surface area contributed by atoms with E-state index in [1.165, 1.54) is 12.1 Å².